The average molecular weight is 1140 g/mol. The molecule has 0 spiro atoms. The Morgan fingerprint density at radius 2 is 0.900 bits per heavy atom. The van der Waals surface area contributed by atoms with Crippen molar-refractivity contribution in [2.75, 3.05) is 13.2 Å². The molecule has 1 aromatic rings. The van der Waals surface area contributed by atoms with Crippen molar-refractivity contribution in [3.8, 4) is 0 Å². The van der Waals surface area contributed by atoms with Crippen LogP contribution in [0.1, 0.15) is 91.7 Å². The molecule has 0 aliphatic rings. The van der Waals surface area contributed by atoms with Crippen molar-refractivity contribution in [1.29, 1.82) is 0 Å². The molecule has 1 rings (SSSR count). The topological polar surface area (TPSA) is 570 Å². The number of carbonyl (C=O) groups is 14. The number of aromatic amines is 1. The van der Waals surface area contributed by atoms with Gasteiger partial charge in [-0.15, -0.1) is 0 Å². The zero-order valence-electron chi connectivity index (χ0n) is 44.4. The number of imidazole rings is 1. The zero-order chi connectivity index (χ0) is 61.1. The van der Waals surface area contributed by atoms with Crippen LogP contribution in [0, 0.1) is 11.8 Å². The molecule has 0 saturated heterocycles. The largest absolute Gasteiger partial charge is 0.481 e. The number of rotatable bonds is 38. The van der Waals surface area contributed by atoms with E-state index in [0.29, 0.717) is 5.69 Å². The smallest absolute Gasteiger partial charge is 0.326 e. The van der Waals surface area contributed by atoms with Crippen LogP contribution >= 0.6 is 0 Å². The van der Waals surface area contributed by atoms with Crippen LogP contribution in [0.4, 0.5) is 0 Å². The van der Waals surface area contributed by atoms with E-state index < -0.39 is 214 Å². The van der Waals surface area contributed by atoms with Crippen molar-refractivity contribution in [2.45, 2.75) is 159 Å². The lowest BCUT2D eigenvalue weighted by atomic mass is 10.00. The normalized spacial score (nSPS) is 15.2. The van der Waals surface area contributed by atoms with Crippen LogP contribution in [0.2, 0.25) is 0 Å². The van der Waals surface area contributed by atoms with Crippen molar-refractivity contribution in [2.24, 2.45) is 23.3 Å². The summed E-state index contributed by atoms with van der Waals surface area (Å²) in [4.78, 5) is 186. The molecule has 0 aliphatic carbocycles. The Bertz CT molecular complexity index is 2350. The number of aliphatic hydroxyl groups is 3. The highest BCUT2D eigenvalue weighted by Gasteiger charge is 2.38. The first-order valence-corrected chi connectivity index (χ1v) is 24.8. The number of aromatic nitrogens is 2. The van der Waals surface area contributed by atoms with Crippen LogP contribution in [0.5, 0.6) is 0 Å². The molecule has 11 atom stereocenters. The highest BCUT2D eigenvalue weighted by Crippen LogP contribution is 2.12. The summed E-state index contributed by atoms with van der Waals surface area (Å²) >= 11 is 0. The number of H-pyrrole nitrogens is 1. The lowest BCUT2D eigenvalue weighted by Gasteiger charge is -2.29. The Labute approximate surface area is 456 Å². The van der Waals surface area contributed by atoms with Gasteiger partial charge in [-0.05, 0) is 44.4 Å². The Kier molecular flexibility index (Phi) is 30.0. The van der Waals surface area contributed by atoms with Crippen molar-refractivity contribution in [1.82, 2.24) is 57.8 Å². The van der Waals surface area contributed by atoms with Crippen LogP contribution in [-0.4, -0.2) is 208 Å². The van der Waals surface area contributed by atoms with Crippen LogP contribution < -0.4 is 59.3 Å². The van der Waals surface area contributed by atoms with Gasteiger partial charge in [0.1, 0.15) is 60.4 Å². The second-order valence-corrected chi connectivity index (χ2v) is 19.1. The fourth-order valence-electron chi connectivity index (χ4n) is 7.16. The average Bonchev–Trinajstić information content (AvgIpc) is 3.88. The Morgan fingerprint density at radius 1 is 0.512 bits per heavy atom. The molecule has 448 valence electrons. The quantitative estimate of drug-likeness (QED) is 0.0292. The summed E-state index contributed by atoms with van der Waals surface area (Å²) in [5.74, 6) is -18.8. The lowest BCUT2D eigenvalue weighted by molar-refractivity contribution is -0.144. The summed E-state index contributed by atoms with van der Waals surface area (Å²) in [6.07, 6.45) is -4.77. The number of nitrogens with two attached hydrogens (primary N) is 2. The van der Waals surface area contributed by atoms with Gasteiger partial charge in [-0.25, -0.2) is 9.78 Å². The third-order valence-electron chi connectivity index (χ3n) is 11.5. The van der Waals surface area contributed by atoms with E-state index in [1.54, 1.807) is 13.8 Å². The van der Waals surface area contributed by atoms with Gasteiger partial charge >= 0.3 is 23.9 Å². The van der Waals surface area contributed by atoms with Gasteiger partial charge in [0, 0.05) is 37.6 Å². The van der Waals surface area contributed by atoms with E-state index in [0.717, 1.165) is 6.92 Å². The van der Waals surface area contributed by atoms with Gasteiger partial charge in [0.2, 0.25) is 59.1 Å². The number of hydrogen-bond donors (Lipinski definition) is 19. The van der Waals surface area contributed by atoms with Gasteiger partial charge in [0.05, 0.1) is 32.1 Å². The second-order valence-electron chi connectivity index (χ2n) is 19.1. The van der Waals surface area contributed by atoms with Crippen molar-refractivity contribution in [3.05, 3.63) is 18.2 Å². The highest BCUT2D eigenvalue weighted by atomic mass is 16.4. The number of aliphatic hydroxyl groups excluding tert-OH is 3. The molecule has 0 radical (unpaired) electrons. The van der Waals surface area contributed by atoms with E-state index in [4.69, 9.17) is 11.5 Å². The minimum Gasteiger partial charge on any atom is -0.481 e. The van der Waals surface area contributed by atoms with Gasteiger partial charge < -0.3 is 100 Å². The molecule has 0 saturated carbocycles. The van der Waals surface area contributed by atoms with E-state index in [9.17, 15) is 103 Å². The lowest BCUT2D eigenvalue weighted by Crippen LogP contribution is -2.63. The molecule has 0 bridgehead atoms. The van der Waals surface area contributed by atoms with Crippen LogP contribution in [0.15, 0.2) is 12.5 Å². The van der Waals surface area contributed by atoms with Crippen LogP contribution in [-0.2, 0) is 73.5 Å². The molecule has 34 nitrogen and oxygen atoms in total. The molecule has 1 heterocycles. The molecule has 0 unspecified atom stereocenters. The highest BCUT2D eigenvalue weighted by molar-refractivity contribution is 5.99. The maximum absolute atomic E-state index is 14.0. The number of primary amides is 1. The molecule has 10 amide bonds. The fraction of sp³-hybridized carbons (Fsp3) is 0.630. The van der Waals surface area contributed by atoms with E-state index in [2.05, 4.69) is 57.8 Å². The SMILES string of the molecule is CC(C)C[C@H](NC(=O)[C@H](Cc1cnc[nH]1)NC(=O)[C@@H](NC(=O)[C@@H](NC(=O)[C@H](CO)NC(=O)[C@H](CCC(=O)O)NC(=O)[C@H](CCC(=O)O)NC(=O)[C@H](CCC(=O)O)NC(=O)[C@@H](N)CO)[C@@H](C)O)C(C)C)C(=O)N[C@@H](CC(N)=O)C(=O)O. The molecule has 0 aliphatic heterocycles. The van der Waals surface area contributed by atoms with E-state index in [1.807, 2.05) is 0 Å². The Hall–Kier alpha value is -8.37. The van der Waals surface area contributed by atoms with Crippen molar-refractivity contribution >= 4 is 82.9 Å². The molecule has 80 heavy (non-hydrogen) atoms. The van der Waals surface area contributed by atoms with Crippen LogP contribution in [0.3, 0.4) is 0 Å². The summed E-state index contributed by atoms with van der Waals surface area (Å²) in [7, 11) is 0. The predicted octanol–water partition coefficient (Wildman–Crippen LogP) is -7.74. The third kappa shape index (κ3) is 25.4. The maximum atomic E-state index is 14.0. The number of amides is 10. The summed E-state index contributed by atoms with van der Waals surface area (Å²) in [6, 6.07) is -17.4. The monoisotopic (exact) mass is 1140 g/mol. The minimum absolute atomic E-state index is 0.0580. The number of hydrogen-bond acceptors (Lipinski definition) is 19. The van der Waals surface area contributed by atoms with E-state index in [1.165, 1.54) is 26.4 Å². The fourth-order valence-corrected chi connectivity index (χ4v) is 7.16. The Balaban J connectivity index is 3.44. The van der Waals surface area contributed by atoms with Gasteiger partial charge in [0.15, 0.2) is 0 Å². The number of aliphatic carboxylic acids is 4. The number of nitrogens with one attached hydrogen (secondary N) is 10. The van der Waals surface area contributed by atoms with Crippen LogP contribution in [0.25, 0.3) is 0 Å². The summed E-state index contributed by atoms with van der Waals surface area (Å²) in [5, 5.41) is 87.7. The third-order valence-corrected chi connectivity index (χ3v) is 11.5. The van der Waals surface area contributed by atoms with Gasteiger partial charge in [-0.1, -0.05) is 27.7 Å². The van der Waals surface area contributed by atoms with E-state index >= 15 is 0 Å². The van der Waals surface area contributed by atoms with Crippen molar-refractivity contribution < 1.29 is 103 Å². The van der Waals surface area contributed by atoms with E-state index in [-0.39, 0.29) is 18.8 Å². The zero-order valence-corrected chi connectivity index (χ0v) is 44.4. The molecule has 21 N–H and O–H groups in total. The summed E-state index contributed by atoms with van der Waals surface area (Å²) in [6.45, 7) is 5.19. The molecule has 0 fully saturated rings. The number of carboxylic acids is 4. The summed E-state index contributed by atoms with van der Waals surface area (Å²) < 4.78 is 0. The second kappa shape index (κ2) is 34.5. The maximum Gasteiger partial charge on any atom is 0.326 e. The minimum atomic E-state index is -2.04. The van der Waals surface area contributed by atoms with Gasteiger partial charge in [-0.3, -0.25) is 62.3 Å². The number of nitrogens with zero attached hydrogens (tertiary/aromatic N) is 1. The number of carboxylic acid groups (broad SMARTS) is 4. The molecular weight excluding hydrogens is 1070 g/mol. The summed E-state index contributed by atoms with van der Waals surface area (Å²) in [5.41, 5.74) is 10.9. The Morgan fingerprint density at radius 3 is 1.29 bits per heavy atom. The van der Waals surface area contributed by atoms with Gasteiger partial charge in [-0.2, -0.15) is 0 Å². The standard InChI is InChI=1S/C46H73N13O21/c1-19(2)12-27(41(74)56-29(46(79)80)14-31(48)63)54-42(75)28(13-22-15-49-18-50-22)55-44(77)35(20(3)4)58-45(78)36(21(5)62)59-43(76)30(17-61)57-40(73)26(8-11-34(68)69)53-39(72)25(7-10-33(66)67)52-38(71)24(6-9-32(64)65)51-37(70)23(47)16-60/h15,18-21,23-30,35-36,60-62H,6-14,16-17,47H2,1-5H3,(H2,48,63)(H,49,50)(H,51,70)(H,52,71)(H,53,72)(H,54,75)(H,55,77)(H,56,74)(H,57,73)(H,58,78)(H,59,76)(H,64,65)(H,66,67)(H,68,69)(H,79,80)/t21-,23+,24+,25+,26+,27+,28+,29+,30+,35+,36+/m1/s1. The first-order chi connectivity index (χ1) is 37.3. The first-order valence-electron chi connectivity index (χ1n) is 24.8. The molecule has 34 heteroatoms. The van der Waals surface area contributed by atoms with Gasteiger partial charge in [0.25, 0.3) is 0 Å². The van der Waals surface area contributed by atoms with Crippen molar-refractivity contribution in [3.63, 3.8) is 0 Å². The number of carbonyl (C=O) groups excluding carboxylic acids is 10. The molecular formula is C46H73N13O21. The molecule has 0 aromatic carbocycles. The predicted molar refractivity (Wildman–Crippen MR) is 270 cm³/mol. The molecule has 1 aromatic heterocycles. The first kappa shape index (κ1) is 69.6.